The van der Waals surface area contributed by atoms with Crippen LogP contribution in [0, 0.1) is 5.92 Å². The summed E-state index contributed by atoms with van der Waals surface area (Å²) in [5.41, 5.74) is 0.930. The normalized spacial score (nSPS) is 20.8. The Morgan fingerprint density at radius 2 is 1.68 bits per heavy atom. The second-order valence-electron chi connectivity index (χ2n) is 6.33. The second-order valence-corrected chi connectivity index (χ2v) is 6.33. The molecule has 1 aromatic carbocycles. The molecule has 0 N–H and O–H groups in total. The van der Waals surface area contributed by atoms with Gasteiger partial charge in [-0.05, 0) is 31.4 Å². The van der Waals surface area contributed by atoms with E-state index < -0.39 is 0 Å². The highest BCUT2D eigenvalue weighted by atomic mass is 16.2. The Hall–Kier alpha value is -1.84. The van der Waals surface area contributed by atoms with Crippen molar-refractivity contribution >= 4 is 17.5 Å². The van der Waals surface area contributed by atoms with Gasteiger partial charge in [-0.15, -0.1) is 0 Å². The monoisotopic (exact) mass is 300 g/mol. The minimum absolute atomic E-state index is 0.0351. The standard InChI is InChI=1S/C18H24N2O2/c21-17-14-19(18(22)15-8-3-1-4-9-15)12-7-13-20(17)16-10-5-2-6-11-16/h2,5-6,10-11,15H,1,3-4,7-9,12-14H2. The Bertz CT molecular complexity index is 523. The van der Waals surface area contributed by atoms with E-state index in [-0.39, 0.29) is 24.3 Å². The van der Waals surface area contributed by atoms with Crippen molar-refractivity contribution in [3.8, 4) is 0 Å². The molecule has 0 spiro atoms. The molecule has 118 valence electrons. The van der Waals surface area contributed by atoms with Gasteiger partial charge in [-0.2, -0.15) is 0 Å². The third kappa shape index (κ3) is 3.32. The average Bonchev–Trinajstić information content (AvgIpc) is 2.77. The van der Waals surface area contributed by atoms with Crippen molar-refractivity contribution in [1.29, 1.82) is 0 Å². The Morgan fingerprint density at radius 1 is 0.955 bits per heavy atom. The third-order valence-corrected chi connectivity index (χ3v) is 4.77. The van der Waals surface area contributed by atoms with E-state index in [0.29, 0.717) is 13.1 Å². The molecule has 0 unspecified atom stereocenters. The van der Waals surface area contributed by atoms with Gasteiger partial charge in [0.25, 0.3) is 0 Å². The second kappa shape index (κ2) is 6.95. The van der Waals surface area contributed by atoms with Crippen LogP contribution in [0.25, 0.3) is 0 Å². The molecular weight excluding hydrogens is 276 g/mol. The predicted octanol–water partition coefficient (Wildman–Crippen LogP) is 2.83. The van der Waals surface area contributed by atoms with Crippen molar-refractivity contribution in [2.45, 2.75) is 38.5 Å². The Morgan fingerprint density at radius 3 is 2.41 bits per heavy atom. The van der Waals surface area contributed by atoms with Crippen molar-refractivity contribution in [3.05, 3.63) is 30.3 Å². The first kappa shape index (κ1) is 15.1. The fourth-order valence-electron chi connectivity index (χ4n) is 3.55. The smallest absolute Gasteiger partial charge is 0.246 e. The summed E-state index contributed by atoms with van der Waals surface area (Å²) in [5, 5.41) is 0. The predicted molar refractivity (Wildman–Crippen MR) is 86.6 cm³/mol. The summed E-state index contributed by atoms with van der Waals surface area (Å²) in [4.78, 5) is 28.8. The lowest BCUT2D eigenvalue weighted by atomic mass is 9.88. The summed E-state index contributed by atoms with van der Waals surface area (Å²) in [6.45, 7) is 1.62. The molecule has 1 saturated carbocycles. The zero-order valence-corrected chi connectivity index (χ0v) is 13.0. The molecule has 1 heterocycles. The molecule has 0 radical (unpaired) electrons. The van der Waals surface area contributed by atoms with Gasteiger partial charge in [0.1, 0.15) is 6.54 Å². The number of benzene rings is 1. The molecule has 0 bridgehead atoms. The molecular formula is C18H24N2O2. The van der Waals surface area contributed by atoms with Crippen LogP contribution < -0.4 is 4.90 Å². The average molecular weight is 300 g/mol. The van der Waals surface area contributed by atoms with Crippen molar-refractivity contribution in [3.63, 3.8) is 0 Å². The summed E-state index contributed by atoms with van der Waals surface area (Å²) in [6, 6.07) is 9.74. The van der Waals surface area contributed by atoms with Gasteiger partial charge in [-0.3, -0.25) is 9.59 Å². The Kier molecular flexibility index (Phi) is 4.76. The van der Waals surface area contributed by atoms with Crippen molar-refractivity contribution in [1.82, 2.24) is 4.90 Å². The maximum atomic E-state index is 12.6. The van der Waals surface area contributed by atoms with Gasteiger partial charge in [0.05, 0.1) is 0 Å². The lowest BCUT2D eigenvalue weighted by Crippen LogP contribution is -2.42. The Labute approximate surface area is 132 Å². The minimum Gasteiger partial charge on any atom is -0.333 e. The first-order valence-electron chi connectivity index (χ1n) is 8.40. The number of para-hydroxylation sites is 1. The fourth-order valence-corrected chi connectivity index (χ4v) is 3.55. The number of nitrogens with zero attached hydrogens (tertiary/aromatic N) is 2. The van der Waals surface area contributed by atoms with Crippen LogP contribution in [-0.2, 0) is 9.59 Å². The first-order chi connectivity index (χ1) is 10.8. The molecule has 1 aliphatic carbocycles. The first-order valence-corrected chi connectivity index (χ1v) is 8.40. The largest absolute Gasteiger partial charge is 0.333 e. The maximum absolute atomic E-state index is 12.6. The van der Waals surface area contributed by atoms with E-state index in [1.54, 1.807) is 4.90 Å². The molecule has 2 fully saturated rings. The zero-order valence-electron chi connectivity index (χ0n) is 13.0. The summed E-state index contributed by atoms with van der Waals surface area (Å²) >= 11 is 0. The molecule has 4 heteroatoms. The van der Waals surface area contributed by atoms with Gasteiger partial charge in [0, 0.05) is 24.7 Å². The third-order valence-electron chi connectivity index (χ3n) is 4.77. The zero-order chi connectivity index (χ0) is 15.4. The van der Waals surface area contributed by atoms with Gasteiger partial charge in [0.2, 0.25) is 11.8 Å². The molecule has 4 nitrogen and oxygen atoms in total. The quantitative estimate of drug-likeness (QED) is 0.842. The molecule has 2 amide bonds. The maximum Gasteiger partial charge on any atom is 0.246 e. The van der Waals surface area contributed by atoms with Crippen molar-refractivity contribution in [2.75, 3.05) is 24.5 Å². The Balaban J connectivity index is 1.67. The molecule has 1 aliphatic heterocycles. The summed E-state index contributed by atoms with van der Waals surface area (Å²) < 4.78 is 0. The summed E-state index contributed by atoms with van der Waals surface area (Å²) in [7, 11) is 0. The van der Waals surface area contributed by atoms with Crippen molar-refractivity contribution in [2.24, 2.45) is 5.92 Å². The molecule has 3 rings (SSSR count). The number of anilines is 1. The van der Waals surface area contributed by atoms with E-state index in [1.807, 2.05) is 35.2 Å². The van der Waals surface area contributed by atoms with Crippen LogP contribution in [0.2, 0.25) is 0 Å². The van der Waals surface area contributed by atoms with Crippen LogP contribution >= 0.6 is 0 Å². The lowest BCUT2D eigenvalue weighted by molar-refractivity contribution is -0.139. The SMILES string of the molecule is O=C(C1CCCCC1)N1CCCN(c2ccccc2)C(=O)C1. The number of amides is 2. The van der Waals surface area contributed by atoms with Crippen LogP contribution in [0.3, 0.4) is 0 Å². The number of hydrogen-bond acceptors (Lipinski definition) is 2. The fraction of sp³-hybridized carbons (Fsp3) is 0.556. The summed E-state index contributed by atoms with van der Waals surface area (Å²) in [6.07, 6.45) is 6.37. The van der Waals surface area contributed by atoms with E-state index >= 15 is 0 Å². The van der Waals surface area contributed by atoms with Crippen LogP contribution in [-0.4, -0.2) is 36.3 Å². The minimum atomic E-state index is 0.0351. The van der Waals surface area contributed by atoms with Gasteiger partial charge in [0.15, 0.2) is 0 Å². The lowest BCUT2D eigenvalue weighted by Gasteiger charge is -2.28. The molecule has 1 aromatic rings. The molecule has 2 aliphatic rings. The van der Waals surface area contributed by atoms with Crippen LogP contribution in [0.5, 0.6) is 0 Å². The van der Waals surface area contributed by atoms with E-state index in [2.05, 4.69) is 0 Å². The highest BCUT2D eigenvalue weighted by molar-refractivity contribution is 5.97. The summed E-state index contributed by atoms with van der Waals surface area (Å²) in [5.74, 6) is 0.376. The number of carbonyl (C=O) groups is 2. The van der Waals surface area contributed by atoms with Gasteiger partial charge in [-0.25, -0.2) is 0 Å². The number of rotatable bonds is 2. The van der Waals surface area contributed by atoms with E-state index in [0.717, 1.165) is 37.8 Å². The van der Waals surface area contributed by atoms with Crippen LogP contribution in [0.15, 0.2) is 30.3 Å². The molecule has 0 aromatic heterocycles. The molecule has 22 heavy (non-hydrogen) atoms. The number of carbonyl (C=O) groups excluding carboxylic acids is 2. The van der Waals surface area contributed by atoms with Gasteiger partial charge < -0.3 is 9.80 Å². The molecule has 1 saturated heterocycles. The number of hydrogen-bond donors (Lipinski definition) is 0. The van der Waals surface area contributed by atoms with E-state index in [9.17, 15) is 9.59 Å². The van der Waals surface area contributed by atoms with Gasteiger partial charge >= 0.3 is 0 Å². The highest BCUT2D eigenvalue weighted by Gasteiger charge is 2.30. The molecule has 0 atom stereocenters. The van der Waals surface area contributed by atoms with Gasteiger partial charge in [-0.1, -0.05) is 37.5 Å². The highest BCUT2D eigenvalue weighted by Crippen LogP contribution is 2.26. The van der Waals surface area contributed by atoms with Crippen LogP contribution in [0.4, 0.5) is 5.69 Å². The van der Waals surface area contributed by atoms with E-state index in [4.69, 9.17) is 0 Å². The van der Waals surface area contributed by atoms with Crippen LogP contribution in [0.1, 0.15) is 38.5 Å². The van der Waals surface area contributed by atoms with Crippen molar-refractivity contribution < 1.29 is 9.59 Å². The topological polar surface area (TPSA) is 40.6 Å². The van der Waals surface area contributed by atoms with E-state index in [1.165, 1.54) is 6.42 Å².